The molecule has 0 spiro atoms. The maximum Gasteiger partial charge on any atom is 0.133 e. The lowest BCUT2D eigenvalue weighted by Crippen LogP contribution is -1.94. The number of aromatic nitrogens is 3. The van der Waals surface area contributed by atoms with Gasteiger partial charge in [-0.05, 0) is 12.1 Å². The number of anilines is 1. The minimum Gasteiger partial charge on any atom is -0.373 e. The van der Waals surface area contributed by atoms with E-state index in [1.165, 1.54) is 0 Å². The summed E-state index contributed by atoms with van der Waals surface area (Å²) in [4.78, 5) is 4.23. The van der Waals surface area contributed by atoms with E-state index in [1.807, 2.05) is 38.6 Å². The van der Waals surface area contributed by atoms with Crippen LogP contribution in [0, 0.1) is 0 Å². The molecule has 0 unspecified atom stereocenters. The van der Waals surface area contributed by atoms with E-state index < -0.39 is 0 Å². The molecule has 0 aromatic carbocycles. The molecule has 0 aliphatic rings. The van der Waals surface area contributed by atoms with Crippen molar-refractivity contribution in [2.45, 2.75) is 0 Å². The van der Waals surface area contributed by atoms with Crippen LogP contribution in [-0.2, 0) is 7.05 Å². The zero-order valence-electron chi connectivity index (χ0n) is 8.23. The van der Waals surface area contributed by atoms with Crippen molar-refractivity contribution in [2.24, 2.45) is 7.05 Å². The molecule has 72 valence electrons. The van der Waals surface area contributed by atoms with Gasteiger partial charge < -0.3 is 5.32 Å². The van der Waals surface area contributed by atoms with E-state index in [-0.39, 0.29) is 0 Å². The SMILES string of the molecule is CNc1ncccc1-c1cnn(C)c1. The highest BCUT2D eigenvalue weighted by Crippen LogP contribution is 2.24. The summed E-state index contributed by atoms with van der Waals surface area (Å²) in [7, 11) is 3.76. The molecule has 0 amide bonds. The monoisotopic (exact) mass is 188 g/mol. The Morgan fingerprint density at radius 3 is 2.93 bits per heavy atom. The maximum absolute atomic E-state index is 4.23. The van der Waals surface area contributed by atoms with E-state index in [1.54, 1.807) is 10.9 Å². The molecule has 2 rings (SSSR count). The first-order valence-corrected chi connectivity index (χ1v) is 4.43. The first-order chi connectivity index (χ1) is 6.81. The van der Waals surface area contributed by atoms with Crippen molar-refractivity contribution >= 4 is 5.82 Å². The summed E-state index contributed by atoms with van der Waals surface area (Å²) in [5.41, 5.74) is 2.15. The van der Waals surface area contributed by atoms with Gasteiger partial charge in [-0.15, -0.1) is 0 Å². The van der Waals surface area contributed by atoms with Crippen molar-refractivity contribution in [1.82, 2.24) is 14.8 Å². The van der Waals surface area contributed by atoms with Gasteiger partial charge in [0.2, 0.25) is 0 Å². The first kappa shape index (κ1) is 8.74. The summed E-state index contributed by atoms with van der Waals surface area (Å²) < 4.78 is 1.78. The second kappa shape index (κ2) is 3.49. The molecular weight excluding hydrogens is 176 g/mol. The number of rotatable bonds is 2. The lowest BCUT2D eigenvalue weighted by atomic mass is 10.1. The van der Waals surface area contributed by atoms with Gasteiger partial charge in [0.15, 0.2) is 0 Å². The largest absolute Gasteiger partial charge is 0.373 e. The predicted molar refractivity (Wildman–Crippen MR) is 56.0 cm³/mol. The minimum atomic E-state index is 0.875. The van der Waals surface area contributed by atoms with E-state index in [2.05, 4.69) is 15.4 Å². The molecule has 2 aromatic rings. The van der Waals surface area contributed by atoms with Gasteiger partial charge in [0.1, 0.15) is 5.82 Å². The van der Waals surface area contributed by atoms with Gasteiger partial charge in [-0.3, -0.25) is 4.68 Å². The number of pyridine rings is 1. The van der Waals surface area contributed by atoms with Crippen LogP contribution in [0.4, 0.5) is 5.82 Å². The Morgan fingerprint density at radius 2 is 2.29 bits per heavy atom. The molecular formula is C10H12N4. The Bertz CT molecular complexity index is 433. The smallest absolute Gasteiger partial charge is 0.133 e. The molecule has 0 aliphatic heterocycles. The van der Waals surface area contributed by atoms with Crippen LogP contribution in [0.15, 0.2) is 30.7 Å². The minimum absolute atomic E-state index is 0.875. The second-order valence-electron chi connectivity index (χ2n) is 3.05. The number of aryl methyl sites for hydroxylation is 1. The van der Waals surface area contributed by atoms with E-state index in [0.717, 1.165) is 16.9 Å². The van der Waals surface area contributed by atoms with E-state index in [9.17, 15) is 0 Å². The van der Waals surface area contributed by atoms with Gasteiger partial charge in [0.25, 0.3) is 0 Å². The highest BCUT2D eigenvalue weighted by Gasteiger charge is 2.05. The van der Waals surface area contributed by atoms with Gasteiger partial charge in [-0.1, -0.05) is 0 Å². The average molecular weight is 188 g/mol. The van der Waals surface area contributed by atoms with Crippen LogP contribution in [0.25, 0.3) is 11.1 Å². The lowest BCUT2D eigenvalue weighted by molar-refractivity contribution is 0.768. The number of nitrogens with one attached hydrogen (secondary N) is 1. The Hall–Kier alpha value is -1.84. The van der Waals surface area contributed by atoms with Crippen molar-refractivity contribution in [3.8, 4) is 11.1 Å². The molecule has 2 aromatic heterocycles. The molecule has 2 heterocycles. The highest BCUT2D eigenvalue weighted by molar-refractivity contribution is 5.73. The standard InChI is InChI=1S/C10H12N4/c1-11-10-9(4-3-5-12-10)8-6-13-14(2)7-8/h3-7H,1-2H3,(H,11,12). The van der Waals surface area contributed by atoms with Crippen LogP contribution in [-0.4, -0.2) is 21.8 Å². The second-order valence-corrected chi connectivity index (χ2v) is 3.05. The van der Waals surface area contributed by atoms with Gasteiger partial charge in [0.05, 0.1) is 6.20 Å². The maximum atomic E-state index is 4.23. The normalized spacial score (nSPS) is 10.1. The van der Waals surface area contributed by atoms with Gasteiger partial charge in [-0.25, -0.2) is 4.98 Å². The predicted octanol–water partition coefficient (Wildman–Crippen LogP) is 1.52. The first-order valence-electron chi connectivity index (χ1n) is 4.43. The summed E-state index contributed by atoms with van der Waals surface area (Å²) in [5.74, 6) is 0.875. The van der Waals surface area contributed by atoms with Crippen molar-refractivity contribution in [3.63, 3.8) is 0 Å². The summed E-state index contributed by atoms with van der Waals surface area (Å²) in [6, 6.07) is 3.94. The van der Waals surface area contributed by atoms with Gasteiger partial charge in [0, 0.05) is 37.6 Å². The quantitative estimate of drug-likeness (QED) is 0.777. The van der Waals surface area contributed by atoms with E-state index >= 15 is 0 Å². The molecule has 0 fully saturated rings. The van der Waals surface area contributed by atoms with E-state index in [0.29, 0.717) is 0 Å². The van der Waals surface area contributed by atoms with Crippen LogP contribution in [0.3, 0.4) is 0 Å². The molecule has 0 aliphatic carbocycles. The number of nitrogens with zero attached hydrogens (tertiary/aromatic N) is 3. The Labute approximate surface area is 82.6 Å². The van der Waals surface area contributed by atoms with Crippen LogP contribution in [0.5, 0.6) is 0 Å². The van der Waals surface area contributed by atoms with Crippen molar-refractivity contribution in [1.29, 1.82) is 0 Å². The third kappa shape index (κ3) is 1.46. The fraction of sp³-hybridized carbons (Fsp3) is 0.200. The van der Waals surface area contributed by atoms with Crippen molar-refractivity contribution in [3.05, 3.63) is 30.7 Å². The molecule has 0 saturated heterocycles. The van der Waals surface area contributed by atoms with Crippen LogP contribution in [0.1, 0.15) is 0 Å². The van der Waals surface area contributed by atoms with Crippen LogP contribution < -0.4 is 5.32 Å². The Kier molecular flexibility index (Phi) is 2.18. The summed E-state index contributed by atoms with van der Waals surface area (Å²) in [6.45, 7) is 0. The average Bonchev–Trinajstić information content (AvgIpc) is 2.65. The molecule has 4 heteroatoms. The molecule has 0 bridgehead atoms. The van der Waals surface area contributed by atoms with Crippen molar-refractivity contribution < 1.29 is 0 Å². The number of hydrogen-bond donors (Lipinski definition) is 1. The zero-order chi connectivity index (χ0) is 9.97. The Balaban J connectivity index is 2.50. The summed E-state index contributed by atoms with van der Waals surface area (Å²) >= 11 is 0. The topological polar surface area (TPSA) is 42.7 Å². The molecule has 0 radical (unpaired) electrons. The van der Waals surface area contributed by atoms with Crippen molar-refractivity contribution in [2.75, 3.05) is 12.4 Å². The molecule has 0 atom stereocenters. The van der Waals surface area contributed by atoms with Gasteiger partial charge in [-0.2, -0.15) is 5.10 Å². The third-order valence-electron chi connectivity index (χ3n) is 2.06. The van der Waals surface area contributed by atoms with Crippen LogP contribution >= 0.6 is 0 Å². The van der Waals surface area contributed by atoms with E-state index in [4.69, 9.17) is 0 Å². The summed E-state index contributed by atoms with van der Waals surface area (Å²) in [5, 5.41) is 7.18. The molecule has 14 heavy (non-hydrogen) atoms. The number of hydrogen-bond acceptors (Lipinski definition) is 3. The fourth-order valence-corrected chi connectivity index (χ4v) is 1.40. The molecule has 4 nitrogen and oxygen atoms in total. The lowest BCUT2D eigenvalue weighted by Gasteiger charge is -2.04. The van der Waals surface area contributed by atoms with Gasteiger partial charge >= 0.3 is 0 Å². The summed E-state index contributed by atoms with van der Waals surface area (Å²) in [6.07, 6.45) is 5.57. The molecule has 0 saturated carbocycles. The fourth-order valence-electron chi connectivity index (χ4n) is 1.40. The third-order valence-corrected chi connectivity index (χ3v) is 2.06. The molecule has 1 N–H and O–H groups in total. The Morgan fingerprint density at radius 1 is 1.43 bits per heavy atom. The van der Waals surface area contributed by atoms with Crippen LogP contribution in [0.2, 0.25) is 0 Å². The zero-order valence-corrected chi connectivity index (χ0v) is 8.23. The highest BCUT2D eigenvalue weighted by atomic mass is 15.2.